The molecule has 0 heterocycles. The summed E-state index contributed by atoms with van der Waals surface area (Å²) in [5.41, 5.74) is 2.13. The molecule has 0 fully saturated rings. The van der Waals surface area contributed by atoms with E-state index in [2.05, 4.69) is 131 Å². The molecule has 0 aliphatic heterocycles. The molecule has 3 atom stereocenters. The number of halogens is 7. The Bertz CT molecular complexity index is 834. The summed E-state index contributed by atoms with van der Waals surface area (Å²) >= 11 is 25.4. The summed E-state index contributed by atoms with van der Waals surface area (Å²) < 4.78 is 15.5. The van der Waals surface area contributed by atoms with Gasteiger partial charge in [0.2, 0.25) is 4.51 Å². The van der Waals surface area contributed by atoms with E-state index in [0.717, 1.165) is 24.0 Å². The molecule has 2 rings (SSSR count). The summed E-state index contributed by atoms with van der Waals surface area (Å²) in [7, 11) is 0. The molecule has 32 heavy (non-hydrogen) atoms. The van der Waals surface area contributed by atoms with E-state index in [1.165, 1.54) is 0 Å². The maximum absolute atomic E-state index is 6.48. The van der Waals surface area contributed by atoms with Crippen molar-refractivity contribution in [2.75, 3.05) is 18.5 Å². The molecular weight excluding hydrogens is 872 g/mol. The Balaban J connectivity index is 2.44. The molecule has 3 nitrogen and oxygen atoms in total. The summed E-state index contributed by atoms with van der Waals surface area (Å²) in [5.74, 6) is 0.618. The van der Waals surface area contributed by atoms with Crippen molar-refractivity contribution in [3.05, 3.63) is 54.6 Å². The molecule has 0 aliphatic carbocycles. The fraction of sp³-hybridized carbons (Fsp3) is 0.455. The predicted molar refractivity (Wildman–Crippen MR) is 159 cm³/mol. The Morgan fingerprint density at radius 3 is 2.12 bits per heavy atom. The minimum atomic E-state index is -1.42. The van der Waals surface area contributed by atoms with Crippen LogP contribution in [-0.2, 0) is 9.47 Å². The third kappa shape index (κ3) is 8.02. The van der Waals surface area contributed by atoms with Crippen LogP contribution in [0.1, 0.15) is 19.8 Å². The van der Waals surface area contributed by atoms with E-state index >= 15 is 0 Å². The van der Waals surface area contributed by atoms with Gasteiger partial charge in [-0.1, -0.05) is 135 Å². The molecular formula is C22H23Br7O3. The zero-order valence-electron chi connectivity index (χ0n) is 17.2. The quantitative estimate of drug-likeness (QED) is 0.121. The van der Waals surface area contributed by atoms with E-state index in [9.17, 15) is 0 Å². The van der Waals surface area contributed by atoms with Gasteiger partial charge in [0.15, 0.2) is 2.14 Å². The van der Waals surface area contributed by atoms with Gasteiger partial charge in [-0.3, -0.25) is 0 Å². The van der Waals surface area contributed by atoms with Crippen molar-refractivity contribution in [1.29, 1.82) is 0 Å². The molecule has 0 saturated carbocycles. The molecule has 3 unspecified atom stereocenters. The van der Waals surface area contributed by atoms with Crippen molar-refractivity contribution >= 4 is 112 Å². The minimum absolute atomic E-state index is 0.0708. The van der Waals surface area contributed by atoms with Crippen molar-refractivity contribution in [2.24, 2.45) is 0 Å². The van der Waals surface area contributed by atoms with Gasteiger partial charge in [0, 0.05) is 16.8 Å². The molecule has 0 aliphatic rings. The number of unbranched alkanes of at least 4 members (excludes halogenated alkanes) is 1. The summed E-state index contributed by atoms with van der Waals surface area (Å²) in [5, 5.41) is 0.716. The van der Waals surface area contributed by atoms with Crippen LogP contribution in [0.15, 0.2) is 54.6 Å². The van der Waals surface area contributed by atoms with Crippen LogP contribution in [0, 0.1) is 0 Å². The highest BCUT2D eigenvalue weighted by atomic mass is 80.0. The maximum atomic E-state index is 6.48. The molecule has 0 spiro atoms. The predicted octanol–water partition coefficient (Wildman–Crippen LogP) is 9.70. The van der Waals surface area contributed by atoms with Gasteiger partial charge in [0.25, 0.3) is 0 Å². The fourth-order valence-corrected chi connectivity index (χ4v) is 5.98. The second kappa shape index (κ2) is 13.7. The SMILES string of the molecule is CCCCOC(Br)(C(Br)(Br)Br)C(Br)(OCC(Br)CBr)Oc1cccc(-c2ccccc2)c1. The Kier molecular flexibility index (Phi) is 12.8. The molecule has 0 aromatic heterocycles. The average molecular weight is 895 g/mol. The lowest BCUT2D eigenvalue weighted by molar-refractivity contribution is -0.192. The molecule has 2 aromatic carbocycles. The van der Waals surface area contributed by atoms with Crippen LogP contribution in [0.5, 0.6) is 5.75 Å². The van der Waals surface area contributed by atoms with Gasteiger partial charge >= 0.3 is 4.70 Å². The number of ether oxygens (including phenoxy) is 3. The highest BCUT2D eigenvalue weighted by Crippen LogP contribution is 2.58. The Labute approximate surface area is 249 Å². The number of benzene rings is 2. The zero-order valence-corrected chi connectivity index (χ0v) is 28.3. The lowest BCUT2D eigenvalue weighted by Gasteiger charge is -2.46. The highest BCUT2D eigenvalue weighted by molar-refractivity contribution is 9.40. The number of alkyl halides is 7. The fourth-order valence-electron chi connectivity index (χ4n) is 2.65. The highest BCUT2D eigenvalue weighted by Gasteiger charge is 2.64. The Hall–Kier alpha value is 1.52. The maximum Gasteiger partial charge on any atom is 0.311 e. The van der Waals surface area contributed by atoms with Crippen LogP contribution >= 0.6 is 112 Å². The average Bonchev–Trinajstić information content (AvgIpc) is 2.77. The molecule has 0 N–H and O–H groups in total. The van der Waals surface area contributed by atoms with Crippen LogP contribution in [0.2, 0.25) is 0 Å². The molecule has 0 saturated heterocycles. The lowest BCUT2D eigenvalue weighted by Crippen LogP contribution is -2.60. The van der Waals surface area contributed by atoms with Gasteiger partial charge in [-0.15, -0.1) is 0 Å². The van der Waals surface area contributed by atoms with E-state index in [1.54, 1.807) is 0 Å². The van der Waals surface area contributed by atoms with Gasteiger partial charge < -0.3 is 14.2 Å². The van der Waals surface area contributed by atoms with Crippen molar-refractivity contribution in [3.8, 4) is 16.9 Å². The third-order valence-corrected chi connectivity index (χ3v) is 12.7. The summed E-state index contributed by atoms with van der Waals surface area (Å²) in [6.45, 7) is 2.95. The number of rotatable bonds is 12. The van der Waals surface area contributed by atoms with Gasteiger partial charge in [-0.25, -0.2) is 0 Å². The molecule has 0 radical (unpaired) electrons. The summed E-state index contributed by atoms with van der Waals surface area (Å²) in [6.07, 6.45) is 1.87. The van der Waals surface area contributed by atoms with E-state index in [0.29, 0.717) is 24.3 Å². The summed E-state index contributed by atoms with van der Waals surface area (Å²) in [4.78, 5) is 0.0708. The molecule has 2 aromatic rings. The first-order chi connectivity index (χ1) is 15.1. The molecule has 10 heteroatoms. The standard InChI is InChI=1S/C22H23Br7O3/c1-2-3-12-30-20(25,21(26,27)28)22(29,31-15-18(24)14-23)32-19-11-7-10-17(13-19)16-8-5-4-6-9-16/h4-11,13,18H,2-3,12,14-15H2,1H3. The van der Waals surface area contributed by atoms with Crippen molar-refractivity contribution in [1.82, 2.24) is 0 Å². The van der Waals surface area contributed by atoms with Gasteiger partial charge in [-0.2, -0.15) is 0 Å². The Morgan fingerprint density at radius 2 is 1.53 bits per heavy atom. The monoisotopic (exact) mass is 888 g/mol. The van der Waals surface area contributed by atoms with Crippen LogP contribution < -0.4 is 4.74 Å². The van der Waals surface area contributed by atoms with E-state index in [4.69, 9.17) is 14.2 Å². The van der Waals surface area contributed by atoms with Crippen molar-refractivity contribution < 1.29 is 14.2 Å². The second-order valence-electron chi connectivity index (χ2n) is 6.89. The van der Waals surface area contributed by atoms with Crippen LogP contribution in [-0.4, -0.2) is 34.7 Å². The second-order valence-corrected chi connectivity index (χ2v) is 17.8. The minimum Gasteiger partial charge on any atom is -0.449 e. The van der Waals surface area contributed by atoms with Crippen LogP contribution in [0.4, 0.5) is 0 Å². The normalized spacial score (nSPS) is 16.8. The lowest BCUT2D eigenvalue weighted by atomic mass is 10.1. The zero-order chi connectivity index (χ0) is 23.8. The Morgan fingerprint density at radius 1 is 0.875 bits per heavy atom. The third-order valence-electron chi connectivity index (χ3n) is 4.36. The van der Waals surface area contributed by atoms with Crippen molar-refractivity contribution in [3.63, 3.8) is 0 Å². The van der Waals surface area contributed by atoms with Crippen molar-refractivity contribution in [2.45, 2.75) is 35.9 Å². The number of hydrogen-bond acceptors (Lipinski definition) is 3. The van der Waals surface area contributed by atoms with Gasteiger partial charge in [-0.05, 0) is 61.5 Å². The first kappa shape index (κ1) is 29.7. The van der Waals surface area contributed by atoms with E-state index in [1.807, 2.05) is 42.5 Å². The van der Waals surface area contributed by atoms with Crippen LogP contribution in [0.3, 0.4) is 0 Å². The first-order valence-electron chi connectivity index (χ1n) is 9.83. The van der Waals surface area contributed by atoms with E-state index in [-0.39, 0.29) is 4.83 Å². The largest absolute Gasteiger partial charge is 0.449 e. The topological polar surface area (TPSA) is 27.7 Å². The van der Waals surface area contributed by atoms with E-state index < -0.39 is 11.3 Å². The molecule has 0 amide bonds. The summed E-state index contributed by atoms with van der Waals surface area (Å²) in [6, 6.07) is 18.0. The molecule has 0 bridgehead atoms. The van der Waals surface area contributed by atoms with Crippen LogP contribution in [0.25, 0.3) is 11.1 Å². The first-order valence-corrected chi connectivity index (χ1v) is 15.8. The molecule has 178 valence electrons. The number of hydrogen-bond donors (Lipinski definition) is 0. The van der Waals surface area contributed by atoms with Gasteiger partial charge in [0.05, 0.1) is 6.61 Å². The smallest absolute Gasteiger partial charge is 0.311 e. The van der Waals surface area contributed by atoms with Gasteiger partial charge in [0.1, 0.15) is 5.75 Å².